The molecule has 1 heterocycles. The average Bonchev–Trinajstić information content (AvgIpc) is 3.08. The molecule has 1 unspecified atom stereocenters. The quantitative estimate of drug-likeness (QED) is 0.369. The van der Waals surface area contributed by atoms with Gasteiger partial charge in [0, 0.05) is 5.56 Å². The molecular weight excluding hydrogens is 354 g/mol. The highest BCUT2D eigenvalue weighted by atomic mass is 16.6. The number of aromatic hydroxyl groups is 1. The third-order valence-corrected chi connectivity index (χ3v) is 4.56. The molecule has 1 aromatic heterocycles. The summed E-state index contributed by atoms with van der Waals surface area (Å²) in [7, 11) is 0. The first-order valence-electron chi connectivity index (χ1n) is 9.40. The van der Waals surface area contributed by atoms with Crippen LogP contribution < -0.4 is 0 Å². The van der Waals surface area contributed by atoms with Crippen LogP contribution in [-0.4, -0.2) is 38.1 Å². The van der Waals surface area contributed by atoms with E-state index in [1.54, 1.807) is 0 Å². The van der Waals surface area contributed by atoms with Gasteiger partial charge in [0.25, 0.3) is 0 Å². The van der Waals surface area contributed by atoms with Crippen LogP contribution in [0.3, 0.4) is 0 Å². The minimum atomic E-state index is -0.943. The number of phenolic OH excluding ortho intramolecular Hbond substituents is 1. The van der Waals surface area contributed by atoms with E-state index >= 15 is 0 Å². The maximum Gasteiger partial charge on any atom is 0.173 e. The van der Waals surface area contributed by atoms with Gasteiger partial charge in [-0.05, 0) is 48.1 Å². The molecule has 28 heavy (non-hydrogen) atoms. The van der Waals surface area contributed by atoms with Crippen molar-refractivity contribution in [1.29, 1.82) is 0 Å². The molecule has 2 N–H and O–H groups in total. The molecule has 0 saturated heterocycles. The Kier molecular flexibility index (Phi) is 5.82. The number of benzene rings is 2. The monoisotopic (exact) mass is 381 g/mol. The highest BCUT2D eigenvalue weighted by molar-refractivity contribution is 5.73. The fourth-order valence-corrected chi connectivity index (χ4v) is 3.06. The molecule has 1 atom stereocenters. The van der Waals surface area contributed by atoms with Gasteiger partial charge in [-0.25, -0.2) is 0 Å². The number of aryl methyl sites for hydroxylation is 1. The van der Waals surface area contributed by atoms with Gasteiger partial charge in [-0.15, -0.1) is 15.0 Å². The predicted molar refractivity (Wildman–Crippen MR) is 110 cm³/mol. The van der Waals surface area contributed by atoms with E-state index in [1.807, 2.05) is 36.4 Å². The minimum Gasteiger partial charge on any atom is -0.505 e. The van der Waals surface area contributed by atoms with E-state index in [2.05, 4.69) is 37.5 Å². The molecular formula is C22H27N3O3. The Morgan fingerprint density at radius 1 is 1.18 bits per heavy atom. The first kappa shape index (κ1) is 20.0. The van der Waals surface area contributed by atoms with Crippen LogP contribution in [0.25, 0.3) is 16.7 Å². The summed E-state index contributed by atoms with van der Waals surface area (Å²) in [5, 5.41) is 29.4. The van der Waals surface area contributed by atoms with Gasteiger partial charge in [0.1, 0.15) is 22.5 Å². The molecule has 0 aliphatic carbocycles. The molecule has 0 amide bonds. The number of aliphatic hydroxyl groups excluding tert-OH is 1. The maximum atomic E-state index is 10.9. The number of rotatable bonds is 7. The molecule has 0 radical (unpaired) electrons. The normalized spacial score (nSPS) is 13.0. The fourth-order valence-electron chi connectivity index (χ4n) is 3.06. The largest absolute Gasteiger partial charge is 0.505 e. The SMILES string of the molecule is C=CC(O)OCCCc1cc(-n2nc3ccccc3n2)c(O)c(C(C)(C)C)c1. The van der Waals surface area contributed by atoms with Gasteiger partial charge in [0.05, 0.1) is 6.61 Å². The van der Waals surface area contributed by atoms with Gasteiger partial charge in [-0.1, -0.05) is 45.5 Å². The summed E-state index contributed by atoms with van der Waals surface area (Å²) in [5.41, 5.74) is 3.76. The van der Waals surface area contributed by atoms with E-state index in [0.717, 1.165) is 35.0 Å². The number of aliphatic hydroxyl groups is 1. The summed E-state index contributed by atoms with van der Waals surface area (Å²) in [6.45, 7) is 10.1. The van der Waals surface area contributed by atoms with Crippen molar-refractivity contribution in [2.24, 2.45) is 0 Å². The summed E-state index contributed by atoms with van der Waals surface area (Å²) < 4.78 is 5.25. The zero-order valence-electron chi connectivity index (χ0n) is 16.6. The van der Waals surface area contributed by atoms with Gasteiger partial charge in [-0.2, -0.15) is 0 Å². The van der Waals surface area contributed by atoms with Crippen LogP contribution in [0, 0.1) is 0 Å². The molecule has 0 saturated carbocycles. The van der Waals surface area contributed by atoms with Crippen LogP contribution in [-0.2, 0) is 16.6 Å². The van der Waals surface area contributed by atoms with E-state index in [4.69, 9.17) is 4.74 Å². The first-order chi connectivity index (χ1) is 13.3. The first-order valence-corrected chi connectivity index (χ1v) is 9.40. The standard InChI is InChI=1S/C22H27N3O3/c1-5-20(26)28-12-8-9-15-13-16(22(2,3)4)21(27)19(14-15)25-23-17-10-6-7-11-18(17)24-25/h5-7,10-11,13-14,20,26-27H,1,8-9,12H2,2-4H3. The Morgan fingerprint density at radius 3 is 2.39 bits per heavy atom. The van der Waals surface area contributed by atoms with Crippen LogP contribution >= 0.6 is 0 Å². The van der Waals surface area contributed by atoms with Crippen molar-refractivity contribution in [2.45, 2.75) is 45.3 Å². The van der Waals surface area contributed by atoms with Crippen LogP contribution in [0.1, 0.15) is 38.3 Å². The Hall–Kier alpha value is -2.70. The lowest BCUT2D eigenvalue weighted by atomic mass is 9.84. The molecule has 6 heteroatoms. The van der Waals surface area contributed by atoms with Crippen LogP contribution in [0.5, 0.6) is 5.75 Å². The molecule has 3 rings (SSSR count). The molecule has 3 aromatic rings. The summed E-state index contributed by atoms with van der Waals surface area (Å²) in [6.07, 6.45) is 1.87. The number of nitrogens with zero attached hydrogens (tertiary/aromatic N) is 3. The number of aromatic nitrogens is 3. The van der Waals surface area contributed by atoms with Crippen molar-refractivity contribution in [3.8, 4) is 11.4 Å². The third-order valence-electron chi connectivity index (χ3n) is 4.56. The summed E-state index contributed by atoms with van der Waals surface area (Å²) in [4.78, 5) is 1.50. The zero-order chi connectivity index (χ0) is 20.3. The molecule has 0 aliphatic heterocycles. The van der Waals surface area contributed by atoms with Crippen molar-refractivity contribution >= 4 is 11.0 Å². The predicted octanol–water partition coefficient (Wildman–Crippen LogP) is 3.88. The van der Waals surface area contributed by atoms with Crippen molar-refractivity contribution in [3.05, 3.63) is 60.2 Å². The third kappa shape index (κ3) is 4.40. The van der Waals surface area contributed by atoms with E-state index in [1.165, 1.54) is 10.9 Å². The Labute approximate surface area is 165 Å². The summed E-state index contributed by atoms with van der Waals surface area (Å²) in [5.74, 6) is 0.190. The Morgan fingerprint density at radius 2 is 1.82 bits per heavy atom. The highest BCUT2D eigenvalue weighted by Crippen LogP contribution is 2.36. The van der Waals surface area contributed by atoms with E-state index in [-0.39, 0.29) is 11.2 Å². The van der Waals surface area contributed by atoms with Gasteiger partial charge >= 0.3 is 0 Å². The fraction of sp³-hybridized carbons (Fsp3) is 0.364. The number of fused-ring (bicyclic) bond motifs is 1. The van der Waals surface area contributed by atoms with Gasteiger partial charge in [0.15, 0.2) is 6.29 Å². The molecule has 6 nitrogen and oxygen atoms in total. The van der Waals surface area contributed by atoms with Crippen LogP contribution in [0.15, 0.2) is 49.1 Å². The van der Waals surface area contributed by atoms with E-state index < -0.39 is 6.29 Å². The van der Waals surface area contributed by atoms with Crippen molar-refractivity contribution < 1.29 is 14.9 Å². The number of hydrogen-bond acceptors (Lipinski definition) is 5. The van der Waals surface area contributed by atoms with E-state index in [9.17, 15) is 10.2 Å². The molecule has 0 bridgehead atoms. The summed E-state index contributed by atoms with van der Waals surface area (Å²) in [6, 6.07) is 11.5. The van der Waals surface area contributed by atoms with Gasteiger partial charge in [-0.3, -0.25) is 0 Å². The number of hydrogen-bond donors (Lipinski definition) is 2. The smallest absolute Gasteiger partial charge is 0.173 e. The number of phenols is 1. The molecule has 148 valence electrons. The second-order valence-electron chi connectivity index (χ2n) is 7.84. The summed E-state index contributed by atoms with van der Waals surface area (Å²) >= 11 is 0. The lowest BCUT2D eigenvalue weighted by molar-refractivity contribution is -0.0643. The Bertz CT molecular complexity index is 940. The van der Waals surface area contributed by atoms with Crippen molar-refractivity contribution in [1.82, 2.24) is 15.0 Å². The number of ether oxygens (including phenoxy) is 1. The van der Waals surface area contributed by atoms with Crippen molar-refractivity contribution in [3.63, 3.8) is 0 Å². The molecule has 0 spiro atoms. The molecule has 2 aromatic carbocycles. The second-order valence-corrected chi connectivity index (χ2v) is 7.84. The minimum absolute atomic E-state index is 0.190. The average molecular weight is 381 g/mol. The molecule has 0 fully saturated rings. The lowest BCUT2D eigenvalue weighted by Crippen LogP contribution is -2.14. The topological polar surface area (TPSA) is 80.4 Å². The van der Waals surface area contributed by atoms with Gasteiger partial charge in [0.2, 0.25) is 0 Å². The second kappa shape index (κ2) is 8.12. The zero-order valence-corrected chi connectivity index (χ0v) is 16.6. The Balaban J connectivity index is 1.95. The van der Waals surface area contributed by atoms with Crippen LogP contribution in [0.4, 0.5) is 0 Å². The van der Waals surface area contributed by atoms with Gasteiger partial charge < -0.3 is 14.9 Å². The molecule has 0 aliphatic rings. The highest BCUT2D eigenvalue weighted by Gasteiger charge is 2.23. The lowest BCUT2D eigenvalue weighted by Gasteiger charge is -2.23. The van der Waals surface area contributed by atoms with Crippen LogP contribution in [0.2, 0.25) is 0 Å². The van der Waals surface area contributed by atoms with Crippen molar-refractivity contribution in [2.75, 3.05) is 6.61 Å². The van der Waals surface area contributed by atoms with E-state index in [0.29, 0.717) is 12.3 Å². The maximum absolute atomic E-state index is 10.9.